The number of ketones is 1. The maximum Gasteiger partial charge on any atom is 0.307 e. The van der Waals surface area contributed by atoms with Crippen LogP contribution in [0.1, 0.15) is 29.9 Å². The molecule has 0 fully saturated rings. The number of hydrogen-bond donors (Lipinski definition) is 2. The summed E-state index contributed by atoms with van der Waals surface area (Å²) in [6.07, 6.45) is -0.114. The first-order chi connectivity index (χ1) is 12.4. The number of carboxylic acids is 1. The van der Waals surface area contributed by atoms with Crippen LogP contribution in [0, 0.1) is 5.92 Å². The molecule has 1 aromatic heterocycles. The van der Waals surface area contributed by atoms with Crippen LogP contribution in [0.25, 0.3) is 22.0 Å². The van der Waals surface area contributed by atoms with Crippen LogP contribution in [0.5, 0.6) is 5.75 Å². The number of carboxylic acid groups (broad SMARTS) is 1. The van der Waals surface area contributed by atoms with E-state index in [2.05, 4.69) is 4.98 Å². The highest BCUT2D eigenvalue weighted by Gasteiger charge is 2.16. The quantitative estimate of drug-likeness (QED) is 0.649. The molecular formula is C21H21NO4. The second-order valence-corrected chi connectivity index (χ2v) is 6.57. The van der Waals surface area contributed by atoms with Gasteiger partial charge in [0, 0.05) is 22.4 Å². The molecule has 0 saturated heterocycles. The predicted molar refractivity (Wildman–Crippen MR) is 101 cm³/mol. The first-order valence-electron chi connectivity index (χ1n) is 8.45. The van der Waals surface area contributed by atoms with Gasteiger partial charge in [-0.3, -0.25) is 9.59 Å². The molecule has 0 bridgehead atoms. The largest absolute Gasteiger partial charge is 0.496 e. The van der Waals surface area contributed by atoms with Crippen LogP contribution in [-0.2, 0) is 11.2 Å². The van der Waals surface area contributed by atoms with Gasteiger partial charge in [-0.15, -0.1) is 0 Å². The van der Waals surface area contributed by atoms with Gasteiger partial charge in [0.2, 0.25) is 0 Å². The van der Waals surface area contributed by atoms with Gasteiger partial charge in [0.05, 0.1) is 19.2 Å². The number of aromatic amines is 1. The number of carbonyl (C=O) groups excluding carboxylic acids is 1. The highest BCUT2D eigenvalue weighted by molar-refractivity contribution is 6.04. The lowest BCUT2D eigenvalue weighted by atomic mass is 9.98. The van der Waals surface area contributed by atoms with Crippen molar-refractivity contribution in [2.24, 2.45) is 5.92 Å². The minimum atomic E-state index is -0.912. The van der Waals surface area contributed by atoms with Crippen LogP contribution in [0.15, 0.2) is 42.5 Å². The summed E-state index contributed by atoms with van der Waals surface area (Å²) in [5.41, 5.74) is 3.90. The fraction of sp³-hybridized carbons (Fsp3) is 0.238. The van der Waals surface area contributed by atoms with E-state index >= 15 is 0 Å². The highest BCUT2D eigenvalue weighted by atomic mass is 16.5. The average Bonchev–Trinajstić information content (AvgIpc) is 3.04. The summed E-state index contributed by atoms with van der Waals surface area (Å²) in [4.78, 5) is 26.6. The molecule has 0 radical (unpaired) electrons. The predicted octanol–water partition coefficient (Wildman–Crippen LogP) is 4.31. The topological polar surface area (TPSA) is 79.4 Å². The highest BCUT2D eigenvalue weighted by Crippen LogP contribution is 2.33. The van der Waals surface area contributed by atoms with Gasteiger partial charge in [0.1, 0.15) is 5.75 Å². The van der Waals surface area contributed by atoms with Crippen molar-refractivity contribution < 1.29 is 19.4 Å². The van der Waals surface area contributed by atoms with Gasteiger partial charge in [-0.25, -0.2) is 0 Å². The van der Waals surface area contributed by atoms with Crippen molar-refractivity contribution in [2.75, 3.05) is 7.11 Å². The van der Waals surface area contributed by atoms with Gasteiger partial charge in [-0.2, -0.15) is 0 Å². The Morgan fingerprint density at radius 3 is 2.58 bits per heavy atom. The molecule has 0 saturated carbocycles. The summed E-state index contributed by atoms with van der Waals surface area (Å²) in [5, 5.41) is 10.1. The Balaban J connectivity index is 2.13. The molecule has 0 amide bonds. The van der Waals surface area contributed by atoms with Crippen molar-refractivity contribution in [3.05, 3.63) is 53.7 Å². The van der Waals surface area contributed by atoms with Crippen molar-refractivity contribution in [2.45, 2.75) is 20.3 Å². The zero-order valence-electron chi connectivity index (χ0n) is 15.0. The standard InChI is InChI=1S/C21H21NO4/c1-12(2)21(25)18-11-16-15(5-4-6-17(16)22-18)13-7-8-19(26-3)14(9-13)10-20(23)24/h4-9,11-12,22H,10H2,1-3H3,(H,23,24). The van der Waals surface area contributed by atoms with Gasteiger partial charge < -0.3 is 14.8 Å². The summed E-state index contributed by atoms with van der Waals surface area (Å²) in [6, 6.07) is 13.2. The zero-order valence-corrected chi connectivity index (χ0v) is 15.0. The van der Waals surface area contributed by atoms with E-state index in [1.807, 2.05) is 50.2 Å². The first-order valence-corrected chi connectivity index (χ1v) is 8.45. The molecule has 5 nitrogen and oxygen atoms in total. The number of aliphatic carboxylic acids is 1. The number of H-pyrrole nitrogens is 1. The summed E-state index contributed by atoms with van der Waals surface area (Å²) in [7, 11) is 1.52. The molecule has 0 aliphatic rings. The Kier molecular flexibility index (Phi) is 4.80. The fourth-order valence-electron chi connectivity index (χ4n) is 3.10. The van der Waals surface area contributed by atoms with Crippen molar-refractivity contribution in [1.82, 2.24) is 4.98 Å². The Hall–Kier alpha value is -3.08. The van der Waals surface area contributed by atoms with Crippen LogP contribution in [0.3, 0.4) is 0 Å². The van der Waals surface area contributed by atoms with E-state index in [9.17, 15) is 9.59 Å². The molecule has 0 unspecified atom stereocenters. The number of Topliss-reactive ketones (excluding diaryl/α,β-unsaturated/α-hetero) is 1. The first kappa shape index (κ1) is 17.7. The maximum atomic E-state index is 12.3. The normalized spacial score (nSPS) is 11.1. The Bertz CT molecular complexity index is 985. The molecule has 0 aliphatic heterocycles. The maximum absolute atomic E-state index is 12.3. The minimum Gasteiger partial charge on any atom is -0.496 e. The molecule has 0 spiro atoms. The van der Waals surface area contributed by atoms with Gasteiger partial charge in [-0.1, -0.05) is 32.0 Å². The Morgan fingerprint density at radius 2 is 1.92 bits per heavy atom. The van der Waals surface area contributed by atoms with Crippen molar-refractivity contribution in [3.8, 4) is 16.9 Å². The van der Waals surface area contributed by atoms with Crippen LogP contribution in [0.4, 0.5) is 0 Å². The van der Waals surface area contributed by atoms with E-state index in [4.69, 9.17) is 9.84 Å². The summed E-state index contributed by atoms with van der Waals surface area (Å²) < 4.78 is 5.27. The third-order valence-corrected chi connectivity index (χ3v) is 4.39. The van der Waals surface area contributed by atoms with E-state index in [0.29, 0.717) is 17.0 Å². The van der Waals surface area contributed by atoms with Crippen LogP contribution < -0.4 is 4.74 Å². The third-order valence-electron chi connectivity index (χ3n) is 4.39. The molecule has 26 heavy (non-hydrogen) atoms. The number of nitrogens with one attached hydrogen (secondary N) is 1. The van der Waals surface area contributed by atoms with E-state index in [-0.39, 0.29) is 18.1 Å². The second kappa shape index (κ2) is 7.04. The summed E-state index contributed by atoms with van der Waals surface area (Å²) >= 11 is 0. The van der Waals surface area contributed by atoms with Crippen molar-refractivity contribution >= 4 is 22.7 Å². The van der Waals surface area contributed by atoms with Crippen LogP contribution in [0.2, 0.25) is 0 Å². The smallest absolute Gasteiger partial charge is 0.307 e. The van der Waals surface area contributed by atoms with Crippen LogP contribution >= 0.6 is 0 Å². The molecular weight excluding hydrogens is 330 g/mol. The number of benzene rings is 2. The van der Waals surface area contributed by atoms with Crippen LogP contribution in [-0.4, -0.2) is 29.0 Å². The third kappa shape index (κ3) is 3.33. The number of hydrogen-bond acceptors (Lipinski definition) is 3. The molecule has 2 N–H and O–H groups in total. The molecule has 0 aliphatic carbocycles. The molecule has 134 valence electrons. The lowest BCUT2D eigenvalue weighted by molar-refractivity contribution is -0.136. The minimum absolute atomic E-state index is 0.0634. The van der Waals surface area contributed by atoms with E-state index < -0.39 is 5.97 Å². The number of ether oxygens (including phenoxy) is 1. The lowest BCUT2D eigenvalue weighted by Gasteiger charge is -2.10. The molecule has 2 aromatic carbocycles. The Labute approximate surface area is 151 Å². The van der Waals surface area contributed by atoms with Crippen molar-refractivity contribution in [3.63, 3.8) is 0 Å². The summed E-state index contributed by atoms with van der Waals surface area (Å²) in [6.45, 7) is 3.74. The van der Waals surface area contributed by atoms with Gasteiger partial charge in [0.15, 0.2) is 5.78 Å². The average molecular weight is 351 g/mol. The number of fused-ring (bicyclic) bond motifs is 1. The molecule has 5 heteroatoms. The number of rotatable bonds is 6. The van der Waals surface area contributed by atoms with E-state index in [1.54, 1.807) is 6.07 Å². The number of methoxy groups -OCH3 is 1. The molecule has 3 rings (SSSR count). The monoisotopic (exact) mass is 351 g/mol. The molecule has 1 heterocycles. The zero-order chi connectivity index (χ0) is 18.8. The van der Waals surface area contributed by atoms with E-state index in [0.717, 1.165) is 22.0 Å². The molecule has 0 atom stereocenters. The fourth-order valence-corrected chi connectivity index (χ4v) is 3.10. The molecule has 3 aromatic rings. The van der Waals surface area contributed by atoms with Gasteiger partial charge in [-0.05, 0) is 35.4 Å². The van der Waals surface area contributed by atoms with Gasteiger partial charge in [0.25, 0.3) is 0 Å². The number of aromatic nitrogens is 1. The number of carbonyl (C=O) groups is 2. The summed E-state index contributed by atoms with van der Waals surface area (Å²) in [5.74, 6) is -0.388. The van der Waals surface area contributed by atoms with Crippen molar-refractivity contribution in [1.29, 1.82) is 0 Å². The van der Waals surface area contributed by atoms with Gasteiger partial charge >= 0.3 is 5.97 Å². The van der Waals surface area contributed by atoms with E-state index in [1.165, 1.54) is 7.11 Å². The Morgan fingerprint density at radius 1 is 1.15 bits per heavy atom. The lowest BCUT2D eigenvalue weighted by Crippen LogP contribution is -2.07. The SMILES string of the molecule is COc1ccc(-c2cccc3[nH]c(C(=O)C(C)C)cc23)cc1CC(=O)O. The second-order valence-electron chi connectivity index (χ2n) is 6.57.